The van der Waals surface area contributed by atoms with Gasteiger partial charge in [-0.1, -0.05) is 6.07 Å². The molecule has 0 spiro atoms. The molecule has 0 saturated carbocycles. The van der Waals surface area contributed by atoms with Gasteiger partial charge in [0.05, 0.1) is 6.20 Å². The molecule has 2 rings (SSSR count). The molecular weight excluding hydrogens is 248 g/mol. The maximum Gasteiger partial charge on any atom is 0.244 e. The highest BCUT2D eigenvalue weighted by molar-refractivity contribution is 7.10. The second kappa shape index (κ2) is 5.32. The van der Waals surface area contributed by atoms with Crippen LogP contribution in [0.15, 0.2) is 29.9 Å². The van der Waals surface area contributed by atoms with E-state index in [4.69, 9.17) is 5.73 Å². The molecule has 2 heterocycles. The quantitative estimate of drug-likeness (QED) is 0.900. The van der Waals surface area contributed by atoms with Crippen LogP contribution in [0.25, 0.3) is 0 Å². The normalized spacial score (nSPS) is 12.4. The van der Waals surface area contributed by atoms with Crippen LogP contribution in [0.5, 0.6) is 0 Å². The monoisotopic (exact) mass is 264 g/mol. The van der Waals surface area contributed by atoms with E-state index in [0.29, 0.717) is 6.54 Å². The topological polar surface area (TPSA) is 64.2 Å². The van der Waals surface area contributed by atoms with E-state index in [0.717, 1.165) is 10.4 Å². The van der Waals surface area contributed by atoms with Crippen molar-refractivity contribution in [2.45, 2.75) is 12.6 Å². The van der Waals surface area contributed by atoms with Crippen molar-refractivity contribution in [2.75, 3.05) is 7.05 Å². The van der Waals surface area contributed by atoms with Crippen molar-refractivity contribution in [3.05, 3.63) is 40.3 Å². The summed E-state index contributed by atoms with van der Waals surface area (Å²) in [6, 6.07) is 3.20. The number of hydrogen-bond acceptors (Lipinski definition) is 4. The lowest BCUT2D eigenvalue weighted by Gasteiger charge is -2.20. The van der Waals surface area contributed by atoms with Crippen molar-refractivity contribution in [1.82, 2.24) is 14.7 Å². The molecule has 0 aliphatic carbocycles. The molecule has 0 saturated heterocycles. The Kier molecular flexibility index (Phi) is 3.78. The number of thiophene rings is 1. The molecule has 1 amide bonds. The molecule has 5 nitrogen and oxygen atoms in total. The molecule has 0 radical (unpaired) electrons. The summed E-state index contributed by atoms with van der Waals surface area (Å²) in [4.78, 5) is 14.6. The number of aryl methyl sites for hydroxylation is 1. The van der Waals surface area contributed by atoms with E-state index in [1.54, 1.807) is 22.8 Å². The van der Waals surface area contributed by atoms with Gasteiger partial charge in [-0.25, -0.2) is 0 Å². The Morgan fingerprint density at radius 3 is 3.00 bits per heavy atom. The second-order valence-electron chi connectivity index (χ2n) is 4.21. The maximum absolute atomic E-state index is 12.1. The zero-order chi connectivity index (χ0) is 13.1. The highest BCUT2D eigenvalue weighted by atomic mass is 32.1. The van der Waals surface area contributed by atoms with E-state index in [1.807, 2.05) is 30.8 Å². The van der Waals surface area contributed by atoms with Crippen LogP contribution in [0, 0.1) is 0 Å². The first-order chi connectivity index (χ1) is 8.58. The smallest absolute Gasteiger partial charge is 0.244 e. The highest BCUT2D eigenvalue weighted by Crippen LogP contribution is 2.19. The number of hydrogen-bond donors (Lipinski definition) is 1. The summed E-state index contributed by atoms with van der Waals surface area (Å²) in [7, 11) is 3.60. The minimum atomic E-state index is -0.577. The van der Waals surface area contributed by atoms with Crippen LogP contribution >= 0.6 is 11.3 Å². The van der Waals surface area contributed by atoms with Crippen LogP contribution in [0.2, 0.25) is 0 Å². The number of nitrogens with zero attached hydrogens (tertiary/aromatic N) is 3. The summed E-state index contributed by atoms with van der Waals surface area (Å²) in [5.41, 5.74) is 6.93. The van der Waals surface area contributed by atoms with Gasteiger partial charge in [-0.3, -0.25) is 9.48 Å². The molecular formula is C12H16N4OS. The Morgan fingerprint density at radius 2 is 2.44 bits per heavy atom. The molecule has 0 aliphatic heterocycles. The molecule has 0 aliphatic rings. The molecule has 0 fully saturated rings. The standard InChI is InChI=1S/C12H16N4OS/c1-15(7-9-6-14-16(2)8-9)12(17)11(13)10-4-3-5-18-10/h3-6,8,11H,7,13H2,1-2H3. The molecule has 2 aromatic heterocycles. The summed E-state index contributed by atoms with van der Waals surface area (Å²) in [5, 5.41) is 5.99. The van der Waals surface area contributed by atoms with E-state index >= 15 is 0 Å². The minimum absolute atomic E-state index is 0.0821. The summed E-state index contributed by atoms with van der Waals surface area (Å²) < 4.78 is 1.72. The second-order valence-corrected chi connectivity index (χ2v) is 5.19. The molecule has 96 valence electrons. The predicted molar refractivity (Wildman–Crippen MR) is 70.9 cm³/mol. The third-order valence-electron chi connectivity index (χ3n) is 2.67. The lowest BCUT2D eigenvalue weighted by Crippen LogP contribution is -2.34. The number of nitrogens with two attached hydrogens (primary N) is 1. The van der Waals surface area contributed by atoms with Crippen LogP contribution in [0.4, 0.5) is 0 Å². The molecule has 6 heteroatoms. The van der Waals surface area contributed by atoms with Gasteiger partial charge in [0.15, 0.2) is 0 Å². The van der Waals surface area contributed by atoms with Crippen molar-refractivity contribution in [3.8, 4) is 0 Å². The first kappa shape index (κ1) is 12.8. The third kappa shape index (κ3) is 2.77. The highest BCUT2D eigenvalue weighted by Gasteiger charge is 2.20. The zero-order valence-corrected chi connectivity index (χ0v) is 11.2. The molecule has 0 aromatic carbocycles. The van der Waals surface area contributed by atoms with Crippen molar-refractivity contribution in [3.63, 3.8) is 0 Å². The van der Waals surface area contributed by atoms with Crippen molar-refractivity contribution >= 4 is 17.2 Å². The number of carbonyl (C=O) groups excluding carboxylic acids is 1. The average Bonchev–Trinajstić information content (AvgIpc) is 2.98. The Labute approximate surface area is 110 Å². The van der Waals surface area contributed by atoms with Gasteiger partial charge in [-0.15, -0.1) is 11.3 Å². The lowest BCUT2D eigenvalue weighted by atomic mass is 10.2. The number of rotatable bonds is 4. The number of carbonyl (C=O) groups is 1. The number of amides is 1. The van der Waals surface area contributed by atoms with Crippen molar-refractivity contribution in [2.24, 2.45) is 12.8 Å². The molecule has 1 unspecified atom stereocenters. The van der Waals surface area contributed by atoms with Crippen LogP contribution in [-0.2, 0) is 18.4 Å². The first-order valence-electron chi connectivity index (χ1n) is 5.59. The van der Waals surface area contributed by atoms with E-state index in [9.17, 15) is 4.79 Å². The van der Waals surface area contributed by atoms with Crippen LogP contribution in [0.3, 0.4) is 0 Å². The van der Waals surface area contributed by atoms with Gasteiger partial charge < -0.3 is 10.6 Å². The van der Waals surface area contributed by atoms with E-state index in [1.165, 1.54) is 11.3 Å². The molecule has 0 bridgehead atoms. The summed E-state index contributed by atoms with van der Waals surface area (Å²) in [5.74, 6) is -0.0821. The van der Waals surface area contributed by atoms with Gasteiger partial charge in [0, 0.05) is 37.3 Å². The zero-order valence-electron chi connectivity index (χ0n) is 10.4. The Bertz CT molecular complexity index is 520. The molecule has 2 N–H and O–H groups in total. The van der Waals surface area contributed by atoms with Crippen LogP contribution < -0.4 is 5.73 Å². The molecule has 2 aromatic rings. The van der Waals surface area contributed by atoms with E-state index in [2.05, 4.69) is 5.10 Å². The van der Waals surface area contributed by atoms with Gasteiger partial charge in [0.1, 0.15) is 6.04 Å². The van der Waals surface area contributed by atoms with Crippen molar-refractivity contribution in [1.29, 1.82) is 0 Å². The largest absolute Gasteiger partial charge is 0.340 e. The number of likely N-dealkylation sites (N-methyl/N-ethyl adjacent to an activating group) is 1. The summed E-state index contributed by atoms with van der Waals surface area (Å²) in [6.07, 6.45) is 3.64. The Morgan fingerprint density at radius 1 is 1.67 bits per heavy atom. The van der Waals surface area contributed by atoms with Crippen LogP contribution in [0.1, 0.15) is 16.5 Å². The minimum Gasteiger partial charge on any atom is -0.340 e. The van der Waals surface area contributed by atoms with E-state index in [-0.39, 0.29) is 5.91 Å². The van der Waals surface area contributed by atoms with Gasteiger partial charge in [0.25, 0.3) is 0 Å². The van der Waals surface area contributed by atoms with Gasteiger partial charge >= 0.3 is 0 Å². The fourth-order valence-electron chi connectivity index (χ4n) is 1.73. The molecule has 18 heavy (non-hydrogen) atoms. The lowest BCUT2D eigenvalue weighted by molar-refractivity contribution is -0.131. The van der Waals surface area contributed by atoms with E-state index < -0.39 is 6.04 Å². The number of aromatic nitrogens is 2. The Balaban J connectivity index is 2.00. The first-order valence-corrected chi connectivity index (χ1v) is 6.47. The Hall–Kier alpha value is -1.66. The van der Waals surface area contributed by atoms with Crippen LogP contribution in [-0.4, -0.2) is 27.6 Å². The fourth-order valence-corrected chi connectivity index (χ4v) is 2.45. The average molecular weight is 264 g/mol. The van der Waals surface area contributed by atoms with Crippen molar-refractivity contribution < 1.29 is 4.79 Å². The van der Waals surface area contributed by atoms with Gasteiger partial charge in [-0.2, -0.15) is 5.10 Å². The predicted octanol–water partition coefficient (Wildman–Crippen LogP) is 1.14. The maximum atomic E-state index is 12.1. The molecule has 1 atom stereocenters. The summed E-state index contributed by atoms with van der Waals surface area (Å²) in [6.45, 7) is 0.520. The SMILES string of the molecule is CN(Cc1cnn(C)c1)C(=O)C(N)c1cccs1. The summed E-state index contributed by atoms with van der Waals surface area (Å²) >= 11 is 1.50. The van der Waals surface area contributed by atoms with Gasteiger partial charge in [0.2, 0.25) is 5.91 Å². The third-order valence-corrected chi connectivity index (χ3v) is 3.63. The fraction of sp³-hybridized carbons (Fsp3) is 0.333. The van der Waals surface area contributed by atoms with Gasteiger partial charge in [-0.05, 0) is 11.4 Å².